The van der Waals surface area contributed by atoms with E-state index < -0.39 is 0 Å². The van der Waals surface area contributed by atoms with Crippen molar-refractivity contribution in [3.05, 3.63) is 18.0 Å². The maximum atomic E-state index is 12.3. The lowest BCUT2D eigenvalue weighted by atomic mass is 9.81. The Bertz CT molecular complexity index is 427. The molecule has 1 N–H and O–H groups in total. The highest BCUT2D eigenvalue weighted by molar-refractivity contribution is 5.85. The average molecular weight is 249 g/mol. The lowest BCUT2D eigenvalue weighted by Gasteiger charge is -2.28. The van der Waals surface area contributed by atoms with E-state index in [9.17, 15) is 9.59 Å². The van der Waals surface area contributed by atoms with E-state index in [1.165, 1.54) is 0 Å². The fraction of sp³-hybridized carbons (Fsp3) is 0.615. The Morgan fingerprint density at radius 3 is 3.00 bits per heavy atom. The van der Waals surface area contributed by atoms with Crippen molar-refractivity contribution in [3.63, 3.8) is 0 Å². The Hall–Kier alpha value is -1.65. The van der Waals surface area contributed by atoms with E-state index in [0.717, 1.165) is 5.69 Å². The van der Waals surface area contributed by atoms with Crippen molar-refractivity contribution in [2.45, 2.75) is 32.7 Å². The number of rotatable bonds is 3. The van der Waals surface area contributed by atoms with Gasteiger partial charge in [-0.2, -0.15) is 5.10 Å². The van der Waals surface area contributed by atoms with Crippen LogP contribution in [0.3, 0.4) is 0 Å². The molecule has 1 aromatic heterocycles. The fourth-order valence-corrected chi connectivity index (χ4v) is 2.48. The molecule has 2 atom stereocenters. The summed E-state index contributed by atoms with van der Waals surface area (Å²) in [4.78, 5) is 25.4. The van der Waals surface area contributed by atoms with Gasteiger partial charge in [0.2, 0.25) is 5.91 Å². The van der Waals surface area contributed by atoms with E-state index in [1.54, 1.807) is 18.1 Å². The van der Waals surface area contributed by atoms with E-state index in [4.69, 9.17) is 0 Å². The van der Waals surface area contributed by atoms with Crippen LogP contribution in [0.25, 0.3) is 0 Å². The zero-order valence-electron chi connectivity index (χ0n) is 10.8. The van der Waals surface area contributed by atoms with E-state index in [0.29, 0.717) is 25.8 Å². The summed E-state index contributed by atoms with van der Waals surface area (Å²) in [6, 6.07) is 1.86. The Morgan fingerprint density at radius 1 is 1.61 bits per heavy atom. The van der Waals surface area contributed by atoms with Gasteiger partial charge in [-0.15, -0.1) is 0 Å². The molecule has 5 nitrogen and oxygen atoms in total. The highest BCUT2D eigenvalue weighted by atomic mass is 16.2. The molecule has 5 heteroatoms. The number of nitrogens with one attached hydrogen (secondary N) is 1. The Kier molecular flexibility index (Phi) is 3.79. The maximum absolute atomic E-state index is 12.3. The number of nitrogens with zero attached hydrogens (tertiary/aromatic N) is 2. The minimum absolute atomic E-state index is 0.00868. The number of aromatic nitrogens is 2. The number of ketones is 1. The third-order valence-corrected chi connectivity index (χ3v) is 3.62. The van der Waals surface area contributed by atoms with Gasteiger partial charge in [0.15, 0.2) is 0 Å². The zero-order valence-corrected chi connectivity index (χ0v) is 10.8. The molecular weight excluding hydrogens is 230 g/mol. The molecule has 0 aromatic carbocycles. The predicted octanol–water partition coefficient (Wildman–Crippen LogP) is 1.37. The van der Waals surface area contributed by atoms with Crippen LogP contribution in [0.1, 0.15) is 31.9 Å². The summed E-state index contributed by atoms with van der Waals surface area (Å²) in [6.45, 7) is 2.45. The molecule has 1 amide bonds. The van der Waals surface area contributed by atoms with Crippen LogP contribution in [-0.2, 0) is 16.1 Å². The number of hydrogen-bond donors (Lipinski definition) is 1. The molecular formula is C13H19N3O2. The number of aromatic amines is 1. The topological polar surface area (TPSA) is 66.1 Å². The summed E-state index contributed by atoms with van der Waals surface area (Å²) in [5.41, 5.74) is 0.922. The van der Waals surface area contributed by atoms with E-state index in [2.05, 4.69) is 10.2 Å². The van der Waals surface area contributed by atoms with Gasteiger partial charge in [0.1, 0.15) is 5.78 Å². The first-order chi connectivity index (χ1) is 8.58. The van der Waals surface area contributed by atoms with E-state index in [-0.39, 0.29) is 23.5 Å². The number of H-pyrrole nitrogens is 1. The van der Waals surface area contributed by atoms with Gasteiger partial charge in [0.05, 0.1) is 12.2 Å². The van der Waals surface area contributed by atoms with Crippen LogP contribution in [-0.4, -0.2) is 33.8 Å². The molecule has 18 heavy (non-hydrogen) atoms. The smallest absolute Gasteiger partial charge is 0.225 e. The molecule has 2 unspecified atom stereocenters. The fourth-order valence-electron chi connectivity index (χ4n) is 2.48. The van der Waals surface area contributed by atoms with Crippen molar-refractivity contribution in [1.82, 2.24) is 15.1 Å². The third-order valence-electron chi connectivity index (χ3n) is 3.62. The molecule has 0 saturated heterocycles. The molecule has 0 bridgehead atoms. The molecule has 2 rings (SSSR count). The van der Waals surface area contributed by atoms with Crippen molar-refractivity contribution in [2.24, 2.45) is 11.8 Å². The van der Waals surface area contributed by atoms with Crippen LogP contribution in [0.4, 0.5) is 0 Å². The lowest BCUT2D eigenvalue weighted by molar-refractivity contribution is -0.138. The van der Waals surface area contributed by atoms with Crippen molar-refractivity contribution >= 4 is 11.7 Å². The average Bonchev–Trinajstić information content (AvgIpc) is 2.84. The first-order valence-electron chi connectivity index (χ1n) is 6.34. The van der Waals surface area contributed by atoms with Crippen LogP contribution in [0.2, 0.25) is 0 Å². The van der Waals surface area contributed by atoms with Gasteiger partial charge in [-0.05, 0) is 18.9 Å². The van der Waals surface area contributed by atoms with Crippen molar-refractivity contribution in [1.29, 1.82) is 0 Å². The first kappa shape index (κ1) is 12.8. The van der Waals surface area contributed by atoms with Crippen molar-refractivity contribution in [3.8, 4) is 0 Å². The van der Waals surface area contributed by atoms with Gasteiger partial charge >= 0.3 is 0 Å². The minimum Gasteiger partial charge on any atom is -0.340 e. The molecule has 0 radical (unpaired) electrons. The second-order valence-electron chi connectivity index (χ2n) is 5.11. The van der Waals surface area contributed by atoms with Gasteiger partial charge < -0.3 is 4.90 Å². The largest absolute Gasteiger partial charge is 0.340 e. The number of carbonyl (C=O) groups excluding carboxylic acids is 2. The van der Waals surface area contributed by atoms with Gasteiger partial charge in [-0.3, -0.25) is 14.7 Å². The van der Waals surface area contributed by atoms with Crippen LogP contribution in [0.15, 0.2) is 12.3 Å². The minimum atomic E-state index is -0.00868. The molecule has 1 heterocycles. The summed E-state index contributed by atoms with van der Waals surface area (Å²) >= 11 is 0. The maximum Gasteiger partial charge on any atom is 0.225 e. The Labute approximate surface area is 107 Å². The highest BCUT2D eigenvalue weighted by Gasteiger charge is 2.31. The van der Waals surface area contributed by atoms with E-state index >= 15 is 0 Å². The van der Waals surface area contributed by atoms with Crippen LogP contribution < -0.4 is 0 Å². The highest BCUT2D eigenvalue weighted by Crippen LogP contribution is 2.27. The number of hydrogen-bond acceptors (Lipinski definition) is 3. The standard InChI is InChI=1S/C13H19N3O2/c1-9-7-10(3-4-12(9)17)13(18)16(2)8-11-5-6-14-15-11/h5-6,9-10H,3-4,7-8H2,1-2H3,(H,14,15). The molecule has 1 fully saturated rings. The Balaban J connectivity index is 1.92. The molecule has 98 valence electrons. The second kappa shape index (κ2) is 5.33. The van der Waals surface area contributed by atoms with Crippen molar-refractivity contribution in [2.75, 3.05) is 7.05 Å². The molecule has 1 saturated carbocycles. The summed E-state index contributed by atoms with van der Waals surface area (Å²) in [6.07, 6.45) is 3.59. The second-order valence-corrected chi connectivity index (χ2v) is 5.11. The third kappa shape index (κ3) is 2.78. The van der Waals surface area contributed by atoms with Gasteiger partial charge in [0.25, 0.3) is 0 Å². The van der Waals surface area contributed by atoms with Crippen LogP contribution in [0.5, 0.6) is 0 Å². The summed E-state index contributed by atoms with van der Waals surface area (Å²) in [5, 5.41) is 6.71. The number of Topliss-reactive ketones (excluding diaryl/α,β-unsaturated/α-hetero) is 1. The lowest BCUT2D eigenvalue weighted by Crippen LogP contribution is -2.36. The summed E-state index contributed by atoms with van der Waals surface area (Å²) < 4.78 is 0. The summed E-state index contributed by atoms with van der Waals surface area (Å²) in [7, 11) is 1.80. The number of carbonyl (C=O) groups is 2. The predicted molar refractivity (Wildman–Crippen MR) is 66.6 cm³/mol. The zero-order chi connectivity index (χ0) is 13.1. The molecule has 0 aliphatic heterocycles. The molecule has 0 spiro atoms. The van der Waals surface area contributed by atoms with Crippen LogP contribution >= 0.6 is 0 Å². The van der Waals surface area contributed by atoms with Crippen molar-refractivity contribution < 1.29 is 9.59 Å². The van der Waals surface area contributed by atoms with Gasteiger partial charge in [-0.1, -0.05) is 6.92 Å². The van der Waals surface area contributed by atoms with Crippen LogP contribution in [0, 0.1) is 11.8 Å². The van der Waals surface area contributed by atoms with Gasteiger partial charge in [-0.25, -0.2) is 0 Å². The monoisotopic (exact) mass is 249 g/mol. The van der Waals surface area contributed by atoms with E-state index in [1.807, 2.05) is 13.0 Å². The molecule has 1 aliphatic rings. The number of amides is 1. The molecule has 1 aromatic rings. The quantitative estimate of drug-likeness (QED) is 0.880. The normalized spacial score (nSPS) is 24.0. The molecule has 1 aliphatic carbocycles. The first-order valence-corrected chi connectivity index (χ1v) is 6.34. The summed E-state index contributed by atoms with van der Waals surface area (Å²) in [5.74, 6) is 0.429. The Morgan fingerprint density at radius 2 is 2.39 bits per heavy atom. The van der Waals surface area contributed by atoms with Gasteiger partial charge in [0, 0.05) is 31.5 Å². The SMILES string of the molecule is CC1CC(C(=O)N(C)Cc2ccn[nH]2)CCC1=O.